The highest BCUT2D eigenvalue weighted by Crippen LogP contribution is 2.53. The van der Waals surface area contributed by atoms with Crippen LogP contribution in [-0.4, -0.2) is 37.0 Å². The van der Waals surface area contributed by atoms with Crippen molar-refractivity contribution in [1.82, 2.24) is 0 Å². The smallest absolute Gasteiger partial charge is 0.116 e. The summed E-state index contributed by atoms with van der Waals surface area (Å²) >= 11 is 0. The van der Waals surface area contributed by atoms with Crippen molar-refractivity contribution in [2.75, 3.05) is 37.0 Å². The molecule has 0 spiro atoms. The maximum atomic E-state index is 14.1. The zero-order chi connectivity index (χ0) is 19.2. The van der Waals surface area contributed by atoms with E-state index in [9.17, 15) is 4.57 Å². The van der Waals surface area contributed by atoms with Crippen molar-refractivity contribution in [2.45, 2.75) is 0 Å². The minimum atomic E-state index is -2.35. The largest absolute Gasteiger partial charge is 0.319 e. The lowest BCUT2D eigenvalue weighted by molar-refractivity contribution is 0.583. The van der Waals surface area contributed by atoms with E-state index in [1.54, 1.807) is 0 Å². The monoisotopic (exact) mass is 424 g/mol. The fourth-order valence-electron chi connectivity index (χ4n) is 3.89. The zero-order valence-electron chi connectivity index (χ0n) is 16.2. The maximum absolute atomic E-state index is 14.1. The lowest BCUT2D eigenvalue weighted by atomic mass is 10.4. The summed E-state index contributed by atoms with van der Waals surface area (Å²) < 4.78 is 14.1. The van der Waals surface area contributed by atoms with Crippen molar-refractivity contribution in [1.29, 1.82) is 0 Å². The fourth-order valence-corrected chi connectivity index (χ4v) is 14.5. The van der Waals surface area contributed by atoms with Crippen LogP contribution in [0, 0.1) is 0 Å². The van der Waals surface area contributed by atoms with Crippen LogP contribution in [0.4, 0.5) is 0 Å². The lowest BCUT2D eigenvalue weighted by Crippen LogP contribution is -2.15. The minimum absolute atomic E-state index is 0.249. The predicted molar refractivity (Wildman–Crippen MR) is 129 cm³/mol. The Labute approximate surface area is 171 Å². The molecule has 0 saturated carbocycles. The van der Waals surface area contributed by atoms with Crippen molar-refractivity contribution in [3.05, 3.63) is 91.0 Å². The normalized spacial score (nSPS) is 26.0. The first-order valence-electron chi connectivity index (χ1n) is 9.98. The van der Waals surface area contributed by atoms with Crippen LogP contribution < -0.4 is 15.9 Å². The van der Waals surface area contributed by atoms with Crippen molar-refractivity contribution >= 4 is 38.9 Å². The van der Waals surface area contributed by atoms with Crippen LogP contribution in [0.1, 0.15) is 0 Å². The van der Waals surface area contributed by atoms with Crippen LogP contribution in [0.2, 0.25) is 0 Å². The molecule has 1 heterocycles. The molecule has 0 aromatic heterocycles. The summed E-state index contributed by atoms with van der Waals surface area (Å²) in [7, 11) is -2.85. The minimum Gasteiger partial charge on any atom is -0.319 e. The predicted octanol–water partition coefficient (Wildman–Crippen LogP) is 5.30. The molecule has 4 rings (SSSR count). The summed E-state index contributed by atoms with van der Waals surface area (Å²) in [6.45, 7) is 0. The van der Waals surface area contributed by atoms with Gasteiger partial charge < -0.3 is 4.57 Å². The number of hydrogen-bond acceptors (Lipinski definition) is 1. The number of benzene rings is 3. The highest BCUT2D eigenvalue weighted by atomic mass is 31.2. The molecule has 0 radical (unpaired) electrons. The summed E-state index contributed by atoms with van der Waals surface area (Å²) in [5, 5.41) is 4.03. The number of rotatable bonds is 3. The van der Waals surface area contributed by atoms with Gasteiger partial charge in [0.2, 0.25) is 0 Å². The van der Waals surface area contributed by atoms with Crippen molar-refractivity contribution in [3.8, 4) is 0 Å². The van der Waals surface area contributed by atoms with Crippen molar-refractivity contribution in [3.63, 3.8) is 0 Å². The Bertz CT molecular complexity index is 857. The molecule has 144 valence electrons. The van der Waals surface area contributed by atoms with Gasteiger partial charge in [0, 0.05) is 17.6 Å². The molecule has 2 unspecified atom stereocenters. The molecule has 1 nitrogen and oxygen atoms in total. The third-order valence-corrected chi connectivity index (χ3v) is 14.9. The van der Waals surface area contributed by atoms with Crippen LogP contribution in [0.15, 0.2) is 91.0 Å². The Morgan fingerprint density at radius 2 is 0.929 bits per heavy atom. The molecule has 1 aliphatic heterocycles. The van der Waals surface area contributed by atoms with E-state index in [4.69, 9.17) is 0 Å². The summed E-state index contributed by atoms with van der Waals surface area (Å²) in [4.78, 5) is 0. The summed E-state index contributed by atoms with van der Waals surface area (Å²) in [6.07, 6.45) is 6.40. The van der Waals surface area contributed by atoms with Gasteiger partial charge >= 0.3 is 0 Å². The number of hydrogen-bond donors (Lipinski definition) is 0. The molecule has 4 heteroatoms. The second-order valence-corrected chi connectivity index (χ2v) is 15.5. The highest BCUT2D eigenvalue weighted by Gasteiger charge is 2.30. The van der Waals surface area contributed by atoms with E-state index < -0.39 is 7.14 Å². The molecular weight excluding hydrogens is 397 g/mol. The van der Waals surface area contributed by atoms with Gasteiger partial charge in [0.05, 0.1) is 0 Å². The van der Waals surface area contributed by atoms with Gasteiger partial charge in [-0.15, -0.1) is 0 Å². The van der Waals surface area contributed by atoms with E-state index in [0.29, 0.717) is 0 Å². The topological polar surface area (TPSA) is 17.1 Å². The van der Waals surface area contributed by atoms with Gasteiger partial charge in [-0.2, -0.15) is 0 Å². The average Bonchev–Trinajstić information content (AvgIpc) is 2.85. The second-order valence-electron chi connectivity index (χ2n) is 7.32. The SMILES string of the molecule is O=P1(c2ccccc2)CCP(c2ccccc2)CCP(c2ccccc2)CC1. The molecule has 3 aromatic rings. The Morgan fingerprint density at radius 1 is 0.536 bits per heavy atom. The molecule has 0 amide bonds. The summed E-state index contributed by atoms with van der Waals surface area (Å²) in [5.41, 5.74) is 0. The third kappa shape index (κ3) is 4.83. The first-order valence-corrected chi connectivity index (χ1v) is 15.5. The summed E-state index contributed by atoms with van der Waals surface area (Å²) in [5.74, 6) is 0. The van der Waals surface area contributed by atoms with Crippen LogP contribution in [0.5, 0.6) is 0 Å². The van der Waals surface area contributed by atoms with Crippen LogP contribution in [0.25, 0.3) is 0 Å². The Morgan fingerprint density at radius 3 is 1.36 bits per heavy atom. The van der Waals surface area contributed by atoms with Crippen molar-refractivity contribution < 1.29 is 4.57 Å². The average molecular weight is 424 g/mol. The van der Waals surface area contributed by atoms with Gasteiger partial charge in [-0.1, -0.05) is 107 Å². The lowest BCUT2D eigenvalue weighted by Gasteiger charge is -2.21. The molecule has 1 fully saturated rings. The summed E-state index contributed by atoms with van der Waals surface area (Å²) in [6, 6.07) is 32.2. The second kappa shape index (κ2) is 9.50. The van der Waals surface area contributed by atoms with Gasteiger partial charge in [0.1, 0.15) is 7.14 Å². The molecule has 2 atom stereocenters. The molecule has 1 aliphatic rings. The van der Waals surface area contributed by atoms with E-state index in [0.717, 1.165) is 30.0 Å². The first kappa shape index (κ1) is 20.0. The van der Waals surface area contributed by atoms with Gasteiger partial charge in [-0.3, -0.25) is 0 Å². The van der Waals surface area contributed by atoms with E-state index in [2.05, 4.69) is 72.8 Å². The quantitative estimate of drug-likeness (QED) is 0.522. The Hall–Kier alpha value is -1.25. The van der Waals surface area contributed by atoms with Crippen LogP contribution in [0.3, 0.4) is 0 Å². The van der Waals surface area contributed by atoms with Gasteiger partial charge in [-0.25, -0.2) is 0 Å². The van der Waals surface area contributed by atoms with Gasteiger partial charge in [-0.05, 0) is 35.3 Å². The van der Waals surface area contributed by atoms with E-state index in [1.165, 1.54) is 22.9 Å². The molecule has 3 aromatic carbocycles. The van der Waals surface area contributed by atoms with E-state index >= 15 is 0 Å². The van der Waals surface area contributed by atoms with Gasteiger partial charge in [0.25, 0.3) is 0 Å². The van der Waals surface area contributed by atoms with E-state index in [1.807, 2.05) is 18.2 Å². The van der Waals surface area contributed by atoms with Crippen LogP contribution in [-0.2, 0) is 4.57 Å². The molecule has 1 saturated heterocycles. The molecule has 28 heavy (non-hydrogen) atoms. The zero-order valence-corrected chi connectivity index (χ0v) is 18.8. The fraction of sp³-hybridized carbons (Fsp3) is 0.250. The first-order chi connectivity index (χ1) is 13.7. The maximum Gasteiger partial charge on any atom is 0.116 e. The molecule has 0 aliphatic carbocycles. The molecular formula is C24H27OP3. The molecule has 0 N–H and O–H groups in total. The Balaban J connectivity index is 1.66. The molecule has 0 bridgehead atoms. The van der Waals surface area contributed by atoms with E-state index in [-0.39, 0.29) is 15.8 Å². The highest BCUT2D eigenvalue weighted by molar-refractivity contribution is 7.76. The van der Waals surface area contributed by atoms with Crippen molar-refractivity contribution in [2.24, 2.45) is 0 Å². The Kier molecular flexibility index (Phi) is 6.80. The standard InChI is InChI=1S/C24H27OP3/c25-28(24-14-8-3-9-15-24)20-18-26(22-10-4-1-5-11-22)16-17-27(19-21-28)23-12-6-2-7-13-23/h1-15H,16-21H2. The third-order valence-electron chi connectivity index (χ3n) is 5.57. The van der Waals surface area contributed by atoms with Crippen LogP contribution >= 0.6 is 23.0 Å². The van der Waals surface area contributed by atoms with Gasteiger partial charge in [0.15, 0.2) is 0 Å².